The molecular formula is C23H23ClN4O3. The quantitative estimate of drug-likeness (QED) is 0.420. The number of rotatable bonds is 6. The van der Waals surface area contributed by atoms with Crippen molar-refractivity contribution < 1.29 is 14.3 Å². The third-order valence-electron chi connectivity index (χ3n) is 4.82. The SMILES string of the molecule is CCOC(=O)c1ccc(NC(=O)/C(C#N)=C\N2CCN(c3cccc(Cl)c3)CC2)cc1. The molecule has 1 heterocycles. The highest BCUT2D eigenvalue weighted by Crippen LogP contribution is 2.21. The van der Waals surface area contributed by atoms with Crippen LogP contribution in [0.3, 0.4) is 0 Å². The van der Waals surface area contributed by atoms with Crippen LogP contribution in [0.2, 0.25) is 5.02 Å². The summed E-state index contributed by atoms with van der Waals surface area (Å²) in [5, 5.41) is 12.8. The van der Waals surface area contributed by atoms with Crippen LogP contribution in [-0.2, 0) is 9.53 Å². The molecular weight excluding hydrogens is 416 g/mol. The molecule has 2 aromatic rings. The van der Waals surface area contributed by atoms with E-state index in [9.17, 15) is 14.9 Å². The van der Waals surface area contributed by atoms with Crippen molar-refractivity contribution in [2.75, 3.05) is 43.0 Å². The van der Waals surface area contributed by atoms with Crippen molar-refractivity contribution in [2.45, 2.75) is 6.92 Å². The molecule has 7 nitrogen and oxygen atoms in total. The highest BCUT2D eigenvalue weighted by Gasteiger charge is 2.18. The Morgan fingerprint density at radius 1 is 1.16 bits per heavy atom. The second kappa shape index (κ2) is 10.5. The smallest absolute Gasteiger partial charge is 0.338 e. The van der Waals surface area contributed by atoms with E-state index in [0.717, 1.165) is 18.8 Å². The lowest BCUT2D eigenvalue weighted by molar-refractivity contribution is -0.112. The third-order valence-corrected chi connectivity index (χ3v) is 5.05. The fraction of sp³-hybridized carbons (Fsp3) is 0.261. The van der Waals surface area contributed by atoms with Crippen molar-refractivity contribution >= 4 is 34.9 Å². The molecule has 1 aliphatic heterocycles. The molecule has 160 valence electrons. The van der Waals surface area contributed by atoms with Crippen LogP contribution in [0.15, 0.2) is 60.3 Å². The largest absolute Gasteiger partial charge is 0.462 e. The Bertz CT molecular complexity index is 1010. The van der Waals surface area contributed by atoms with Gasteiger partial charge in [-0.3, -0.25) is 4.79 Å². The van der Waals surface area contributed by atoms with Gasteiger partial charge in [0.25, 0.3) is 5.91 Å². The molecule has 31 heavy (non-hydrogen) atoms. The Morgan fingerprint density at radius 2 is 1.87 bits per heavy atom. The number of nitrogens with zero attached hydrogens (tertiary/aromatic N) is 3. The predicted octanol–water partition coefficient (Wildman–Crippen LogP) is 3.68. The average Bonchev–Trinajstić information content (AvgIpc) is 2.78. The molecule has 0 unspecified atom stereocenters. The van der Waals surface area contributed by atoms with Crippen LogP contribution in [0.25, 0.3) is 0 Å². The van der Waals surface area contributed by atoms with Crippen molar-refractivity contribution in [1.82, 2.24) is 4.90 Å². The van der Waals surface area contributed by atoms with Crippen molar-refractivity contribution in [3.8, 4) is 6.07 Å². The monoisotopic (exact) mass is 438 g/mol. The van der Waals surface area contributed by atoms with E-state index in [-0.39, 0.29) is 5.57 Å². The van der Waals surface area contributed by atoms with Gasteiger partial charge in [0.1, 0.15) is 11.6 Å². The minimum Gasteiger partial charge on any atom is -0.462 e. The molecule has 0 spiro atoms. The lowest BCUT2D eigenvalue weighted by atomic mass is 10.2. The highest BCUT2D eigenvalue weighted by molar-refractivity contribution is 6.30. The van der Waals surface area contributed by atoms with Crippen LogP contribution >= 0.6 is 11.6 Å². The first-order valence-corrected chi connectivity index (χ1v) is 10.3. The molecule has 1 N–H and O–H groups in total. The fourth-order valence-electron chi connectivity index (χ4n) is 3.21. The number of anilines is 2. The topological polar surface area (TPSA) is 85.7 Å². The second-order valence-corrected chi connectivity index (χ2v) is 7.35. The Morgan fingerprint density at radius 3 is 2.48 bits per heavy atom. The maximum absolute atomic E-state index is 12.5. The van der Waals surface area contributed by atoms with Crippen molar-refractivity contribution in [3.63, 3.8) is 0 Å². The Labute approximate surface area is 186 Å². The summed E-state index contributed by atoms with van der Waals surface area (Å²) >= 11 is 6.07. The van der Waals surface area contributed by atoms with Gasteiger partial charge in [-0.2, -0.15) is 5.26 Å². The number of hydrogen-bond donors (Lipinski definition) is 1. The summed E-state index contributed by atoms with van der Waals surface area (Å²) in [6, 6.07) is 16.0. The van der Waals surface area contributed by atoms with Crippen LogP contribution in [0.4, 0.5) is 11.4 Å². The Balaban J connectivity index is 1.58. The van der Waals surface area contributed by atoms with E-state index in [1.165, 1.54) is 0 Å². The van der Waals surface area contributed by atoms with Gasteiger partial charge in [-0.05, 0) is 49.4 Å². The number of esters is 1. The van der Waals surface area contributed by atoms with Gasteiger partial charge in [0.05, 0.1) is 12.2 Å². The molecule has 0 saturated carbocycles. The number of nitriles is 1. The van der Waals surface area contributed by atoms with Gasteiger partial charge in [-0.15, -0.1) is 0 Å². The number of piperazine rings is 1. The normalized spacial score (nSPS) is 14.0. The van der Waals surface area contributed by atoms with Crippen molar-refractivity contribution in [3.05, 3.63) is 70.9 Å². The first kappa shape index (κ1) is 22.2. The van der Waals surface area contributed by atoms with Gasteiger partial charge in [0.15, 0.2) is 0 Å². The van der Waals surface area contributed by atoms with Crippen LogP contribution in [-0.4, -0.2) is 49.6 Å². The molecule has 1 fully saturated rings. The fourth-order valence-corrected chi connectivity index (χ4v) is 3.39. The average molecular weight is 439 g/mol. The standard InChI is InChI=1S/C23H23ClN4O3/c1-2-31-23(30)17-6-8-20(9-7-17)26-22(29)18(15-25)16-27-10-12-28(13-11-27)21-5-3-4-19(24)14-21/h3-9,14,16H,2,10-13H2,1H3,(H,26,29)/b18-16-. The molecule has 8 heteroatoms. The number of halogens is 1. The number of nitrogens with one attached hydrogen (secondary N) is 1. The van der Waals surface area contributed by atoms with E-state index in [1.807, 2.05) is 35.2 Å². The minimum atomic E-state index is -0.497. The first-order chi connectivity index (χ1) is 15.0. The summed E-state index contributed by atoms with van der Waals surface area (Å²) in [6.45, 7) is 4.90. The van der Waals surface area contributed by atoms with E-state index >= 15 is 0 Å². The number of ether oxygens (including phenoxy) is 1. The predicted molar refractivity (Wildman–Crippen MR) is 120 cm³/mol. The van der Waals surface area contributed by atoms with Gasteiger partial charge >= 0.3 is 5.97 Å². The van der Waals surface area contributed by atoms with Crippen molar-refractivity contribution in [1.29, 1.82) is 5.26 Å². The minimum absolute atomic E-state index is 0.0191. The highest BCUT2D eigenvalue weighted by atomic mass is 35.5. The first-order valence-electron chi connectivity index (χ1n) is 9.95. The van der Waals surface area contributed by atoms with E-state index < -0.39 is 11.9 Å². The summed E-state index contributed by atoms with van der Waals surface area (Å²) < 4.78 is 4.94. The van der Waals surface area contributed by atoms with Crippen LogP contribution in [0.5, 0.6) is 0 Å². The zero-order chi connectivity index (χ0) is 22.2. The zero-order valence-corrected chi connectivity index (χ0v) is 17.9. The van der Waals surface area contributed by atoms with Crippen LogP contribution in [0, 0.1) is 11.3 Å². The molecule has 2 aromatic carbocycles. The number of hydrogen-bond acceptors (Lipinski definition) is 6. The summed E-state index contributed by atoms with van der Waals surface area (Å²) in [5.41, 5.74) is 1.96. The Hall–Kier alpha value is -3.50. The van der Waals surface area contributed by atoms with Gasteiger partial charge in [0.2, 0.25) is 0 Å². The van der Waals surface area contributed by atoms with E-state index in [2.05, 4.69) is 10.2 Å². The number of carbonyl (C=O) groups is 2. The maximum Gasteiger partial charge on any atom is 0.338 e. The molecule has 0 bridgehead atoms. The van der Waals surface area contributed by atoms with E-state index in [4.69, 9.17) is 16.3 Å². The summed E-state index contributed by atoms with van der Waals surface area (Å²) in [4.78, 5) is 28.4. The molecule has 0 aliphatic carbocycles. The number of carbonyl (C=O) groups excluding carboxylic acids is 2. The van der Waals surface area contributed by atoms with Gasteiger partial charge in [0, 0.05) is 48.8 Å². The molecule has 0 aromatic heterocycles. The van der Waals surface area contributed by atoms with E-state index in [0.29, 0.717) is 36.0 Å². The van der Waals surface area contributed by atoms with Crippen LogP contribution < -0.4 is 10.2 Å². The molecule has 1 amide bonds. The summed E-state index contributed by atoms with van der Waals surface area (Å²) in [5.74, 6) is -0.918. The second-order valence-electron chi connectivity index (χ2n) is 6.91. The zero-order valence-electron chi connectivity index (χ0n) is 17.2. The van der Waals surface area contributed by atoms with E-state index in [1.54, 1.807) is 37.4 Å². The third kappa shape index (κ3) is 6.00. The molecule has 1 saturated heterocycles. The lowest BCUT2D eigenvalue weighted by Gasteiger charge is -2.35. The summed E-state index contributed by atoms with van der Waals surface area (Å²) in [7, 11) is 0. The summed E-state index contributed by atoms with van der Waals surface area (Å²) in [6.07, 6.45) is 1.59. The molecule has 1 aliphatic rings. The number of amides is 1. The molecule has 0 radical (unpaired) electrons. The van der Waals surface area contributed by atoms with Crippen LogP contribution in [0.1, 0.15) is 17.3 Å². The number of benzene rings is 2. The van der Waals surface area contributed by atoms with Gasteiger partial charge in [-0.25, -0.2) is 4.79 Å². The molecule has 3 rings (SSSR count). The molecule has 0 atom stereocenters. The van der Waals surface area contributed by atoms with Crippen molar-refractivity contribution in [2.24, 2.45) is 0 Å². The Kier molecular flexibility index (Phi) is 7.52. The lowest BCUT2D eigenvalue weighted by Crippen LogP contribution is -2.44. The van der Waals surface area contributed by atoms with Gasteiger partial charge < -0.3 is 19.9 Å². The van der Waals surface area contributed by atoms with Gasteiger partial charge in [-0.1, -0.05) is 17.7 Å². The maximum atomic E-state index is 12.5.